The highest BCUT2D eigenvalue weighted by molar-refractivity contribution is 5.94. The normalized spacial score (nSPS) is 17.1. The van der Waals surface area contributed by atoms with Gasteiger partial charge in [-0.25, -0.2) is 9.18 Å². The highest BCUT2D eigenvalue weighted by Gasteiger charge is 2.21. The molecule has 1 aromatic rings. The number of anilines is 1. The molecule has 0 saturated carbocycles. The van der Waals surface area contributed by atoms with Gasteiger partial charge < -0.3 is 14.9 Å². The predicted molar refractivity (Wildman–Crippen MR) is 76.9 cm³/mol. The summed E-state index contributed by atoms with van der Waals surface area (Å²) >= 11 is 0. The van der Waals surface area contributed by atoms with E-state index in [-0.39, 0.29) is 5.56 Å². The minimum absolute atomic E-state index is 0.0282. The van der Waals surface area contributed by atoms with Crippen LogP contribution >= 0.6 is 0 Å². The number of halogens is 1. The summed E-state index contributed by atoms with van der Waals surface area (Å²) in [6.07, 6.45) is 2.23. The van der Waals surface area contributed by atoms with Crippen molar-refractivity contribution in [2.75, 3.05) is 38.6 Å². The Kier molecular flexibility index (Phi) is 4.60. The number of benzene rings is 1. The number of carboxylic acid groups (broad SMARTS) is 1. The van der Waals surface area contributed by atoms with E-state index in [0.29, 0.717) is 11.6 Å². The molecule has 0 atom stereocenters. The van der Waals surface area contributed by atoms with Gasteiger partial charge in [-0.3, -0.25) is 0 Å². The summed E-state index contributed by atoms with van der Waals surface area (Å²) in [5.74, 6) is -1.04. The molecule has 1 aliphatic rings. The van der Waals surface area contributed by atoms with Gasteiger partial charge >= 0.3 is 5.97 Å². The molecule has 0 bridgehead atoms. The quantitative estimate of drug-likeness (QED) is 0.919. The molecule has 0 amide bonds. The molecule has 0 unspecified atom stereocenters. The van der Waals surface area contributed by atoms with Crippen molar-refractivity contribution in [3.63, 3.8) is 0 Å². The van der Waals surface area contributed by atoms with Crippen LogP contribution in [0.3, 0.4) is 0 Å². The average Bonchev–Trinajstić information content (AvgIpc) is 2.41. The number of carbonyl (C=O) groups is 1. The van der Waals surface area contributed by atoms with Crippen molar-refractivity contribution in [1.82, 2.24) is 4.90 Å². The number of hydrogen-bond acceptors (Lipinski definition) is 3. The van der Waals surface area contributed by atoms with Crippen molar-refractivity contribution >= 4 is 11.7 Å². The second kappa shape index (κ2) is 6.22. The molecule has 1 aromatic carbocycles. The van der Waals surface area contributed by atoms with Gasteiger partial charge in [-0.15, -0.1) is 0 Å². The fourth-order valence-electron chi connectivity index (χ4n) is 2.74. The van der Waals surface area contributed by atoms with Crippen LogP contribution in [0.15, 0.2) is 18.2 Å². The van der Waals surface area contributed by atoms with Crippen LogP contribution in [0, 0.1) is 11.7 Å². The summed E-state index contributed by atoms with van der Waals surface area (Å²) in [5.41, 5.74) is 0.609. The Bertz CT molecular complexity index is 485. The number of likely N-dealkylation sites (tertiary alicyclic amines) is 1. The lowest BCUT2D eigenvalue weighted by Crippen LogP contribution is -2.36. The van der Waals surface area contributed by atoms with Crippen LogP contribution in [-0.4, -0.2) is 49.7 Å². The molecule has 110 valence electrons. The van der Waals surface area contributed by atoms with Gasteiger partial charge in [0.25, 0.3) is 0 Å². The third-order valence-electron chi connectivity index (χ3n) is 3.97. The van der Waals surface area contributed by atoms with Gasteiger partial charge in [0.05, 0.1) is 11.3 Å². The number of rotatable bonds is 4. The first-order valence-electron chi connectivity index (χ1n) is 6.90. The second-order valence-corrected chi connectivity index (χ2v) is 5.59. The van der Waals surface area contributed by atoms with E-state index in [1.807, 2.05) is 11.9 Å². The maximum Gasteiger partial charge on any atom is 0.337 e. The molecule has 0 aromatic heterocycles. The first-order valence-corrected chi connectivity index (χ1v) is 6.90. The Balaban J connectivity index is 2.09. The minimum atomic E-state index is -1.09. The van der Waals surface area contributed by atoms with Gasteiger partial charge in [0.1, 0.15) is 5.82 Å². The van der Waals surface area contributed by atoms with Crippen molar-refractivity contribution in [2.24, 2.45) is 5.92 Å². The molecule has 0 spiro atoms. The number of hydrogen-bond donors (Lipinski definition) is 1. The van der Waals surface area contributed by atoms with Gasteiger partial charge in [-0.05, 0) is 57.1 Å². The van der Waals surface area contributed by atoms with Crippen LogP contribution in [0.5, 0.6) is 0 Å². The summed E-state index contributed by atoms with van der Waals surface area (Å²) in [4.78, 5) is 15.4. The van der Waals surface area contributed by atoms with Crippen molar-refractivity contribution in [3.05, 3.63) is 29.6 Å². The topological polar surface area (TPSA) is 43.8 Å². The van der Waals surface area contributed by atoms with E-state index in [1.165, 1.54) is 6.07 Å². The van der Waals surface area contributed by atoms with Crippen molar-refractivity contribution in [1.29, 1.82) is 0 Å². The van der Waals surface area contributed by atoms with E-state index in [9.17, 15) is 14.3 Å². The summed E-state index contributed by atoms with van der Waals surface area (Å²) in [6, 6.07) is 3.95. The van der Waals surface area contributed by atoms with Gasteiger partial charge in [-0.2, -0.15) is 0 Å². The maximum absolute atomic E-state index is 13.2. The minimum Gasteiger partial charge on any atom is -0.478 e. The summed E-state index contributed by atoms with van der Waals surface area (Å²) in [5, 5.41) is 9.18. The lowest BCUT2D eigenvalue weighted by Gasteiger charge is -2.32. The molecule has 5 heteroatoms. The van der Waals surface area contributed by atoms with E-state index < -0.39 is 11.8 Å². The third kappa shape index (κ3) is 3.48. The molecule has 20 heavy (non-hydrogen) atoms. The Labute approximate surface area is 118 Å². The SMILES string of the molecule is CN1CCC(CN(C)c2ccc(F)cc2C(=O)O)CC1. The third-order valence-corrected chi connectivity index (χ3v) is 3.97. The standard InChI is InChI=1S/C15H21FN2O2/c1-17-7-5-11(6-8-17)10-18(2)14-4-3-12(16)9-13(14)15(19)20/h3-4,9,11H,5-8,10H2,1-2H3,(H,19,20). The monoisotopic (exact) mass is 280 g/mol. The molecular formula is C15H21FN2O2. The molecule has 0 aliphatic carbocycles. The molecule has 0 radical (unpaired) electrons. The fraction of sp³-hybridized carbons (Fsp3) is 0.533. The van der Waals surface area contributed by atoms with Crippen LogP contribution in [0.25, 0.3) is 0 Å². The highest BCUT2D eigenvalue weighted by Crippen LogP contribution is 2.24. The first-order chi connectivity index (χ1) is 9.47. The lowest BCUT2D eigenvalue weighted by molar-refractivity contribution is 0.0697. The van der Waals surface area contributed by atoms with Gasteiger partial charge in [0, 0.05) is 13.6 Å². The molecule has 2 rings (SSSR count). The van der Waals surface area contributed by atoms with E-state index in [0.717, 1.165) is 38.5 Å². The zero-order chi connectivity index (χ0) is 14.7. The average molecular weight is 280 g/mol. The van der Waals surface area contributed by atoms with Gasteiger partial charge in [-0.1, -0.05) is 0 Å². The van der Waals surface area contributed by atoms with E-state index in [4.69, 9.17) is 0 Å². The predicted octanol–water partition coefficient (Wildman–Crippen LogP) is 2.30. The van der Waals surface area contributed by atoms with Crippen molar-refractivity contribution in [2.45, 2.75) is 12.8 Å². The van der Waals surface area contributed by atoms with Crippen LogP contribution < -0.4 is 4.90 Å². The zero-order valence-corrected chi connectivity index (χ0v) is 12.0. The Morgan fingerprint density at radius 2 is 2.10 bits per heavy atom. The van der Waals surface area contributed by atoms with Crippen molar-refractivity contribution in [3.8, 4) is 0 Å². The van der Waals surface area contributed by atoms with E-state index in [1.54, 1.807) is 6.07 Å². The fourth-order valence-corrected chi connectivity index (χ4v) is 2.74. The molecular weight excluding hydrogens is 259 g/mol. The van der Waals surface area contributed by atoms with Crippen LogP contribution in [0.1, 0.15) is 23.2 Å². The van der Waals surface area contributed by atoms with E-state index >= 15 is 0 Å². The van der Waals surface area contributed by atoms with Crippen LogP contribution in [0.4, 0.5) is 10.1 Å². The Morgan fingerprint density at radius 3 is 2.70 bits per heavy atom. The largest absolute Gasteiger partial charge is 0.478 e. The molecule has 1 aliphatic heterocycles. The Hall–Kier alpha value is -1.62. The van der Waals surface area contributed by atoms with Crippen LogP contribution in [0.2, 0.25) is 0 Å². The molecule has 1 saturated heterocycles. The zero-order valence-electron chi connectivity index (χ0n) is 12.0. The summed E-state index contributed by atoms with van der Waals surface area (Å²) in [7, 11) is 3.99. The number of piperidine rings is 1. The van der Waals surface area contributed by atoms with Gasteiger partial charge in [0.2, 0.25) is 0 Å². The van der Waals surface area contributed by atoms with Gasteiger partial charge in [0.15, 0.2) is 0 Å². The number of aromatic carboxylic acids is 1. The summed E-state index contributed by atoms with van der Waals surface area (Å²) in [6.45, 7) is 2.96. The molecule has 1 heterocycles. The molecule has 1 fully saturated rings. The van der Waals surface area contributed by atoms with Crippen molar-refractivity contribution < 1.29 is 14.3 Å². The van der Waals surface area contributed by atoms with Crippen LogP contribution in [-0.2, 0) is 0 Å². The molecule has 4 nitrogen and oxygen atoms in total. The smallest absolute Gasteiger partial charge is 0.337 e. The number of carboxylic acids is 1. The first kappa shape index (κ1) is 14.8. The maximum atomic E-state index is 13.2. The lowest BCUT2D eigenvalue weighted by atomic mass is 9.96. The molecule has 1 N–H and O–H groups in total. The Morgan fingerprint density at radius 1 is 1.45 bits per heavy atom. The summed E-state index contributed by atoms with van der Waals surface area (Å²) < 4.78 is 13.2. The second-order valence-electron chi connectivity index (χ2n) is 5.59. The number of nitrogens with zero attached hydrogens (tertiary/aromatic N) is 2. The highest BCUT2D eigenvalue weighted by atomic mass is 19.1. The van der Waals surface area contributed by atoms with E-state index in [2.05, 4.69) is 11.9 Å².